The molecule has 0 atom stereocenters. The zero-order valence-corrected chi connectivity index (χ0v) is 13.3. The monoisotopic (exact) mass is 296 g/mol. The molecule has 1 saturated carbocycles. The number of hydrogen-bond acceptors (Lipinski definition) is 1. The summed E-state index contributed by atoms with van der Waals surface area (Å²) in [5.41, 5.74) is 1.22. The molecule has 1 aliphatic carbocycles. The van der Waals surface area contributed by atoms with Gasteiger partial charge >= 0.3 is 0 Å². The summed E-state index contributed by atoms with van der Waals surface area (Å²) in [4.78, 5) is 0. The number of quaternary nitrogens is 1. The molecule has 2 rings (SSSR count). The average Bonchev–Trinajstić information content (AvgIpc) is 2.40. The first-order valence-corrected chi connectivity index (χ1v) is 8.42. The van der Waals surface area contributed by atoms with Gasteiger partial charge in [-0.1, -0.05) is 30.9 Å². The van der Waals surface area contributed by atoms with Crippen molar-refractivity contribution in [2.24, 2.45) is 0 Å². The topological polar surface area (TPSA) is 25.8 Å². The lowest BCUT2D eigenvalue weighted by molar-refractivity contribution is -0.706. The molecule has 3 heteroatoms. The third-order valence-electron chi connectivity index (χ3n) is 4.14. The first-order chi connectivity index (χ1) is 9.79. The van der Waals surface area contributed by atoms with Crippen LogP contribution < -0.4 is 10.1 Å². The highest BCUT2D eigenvalue weighted by molar-refractivity contribution is 6.30. The summed E-state index contributed by atoms with van der Waals surface area (Å²) in [6.07, 6.45) is 9.71. The second-order valence-corrected chi connectivity index (χ2v) is 6.17. The van der Waals surface area contributed by atoms with Crippen molar-refractivity contribution in [3.63, 3.8) is 0 Å². The lowest BCUT2D eigenvalue weighted by atomic mass is 9.96. The van der Waals surface area contributed by atoms with Crippen LogP contribution in [0.4, 0.5) is 0 Å². The van der Waals surface area contributed by atoms with Gasteiger partial charge in [-0.15, -0.1) is 0 Å². The van der Waals surface area contributed by atoms with Gasteiger partial charge in [-0.05, 0) is 50.8 Å². The van der Waals surface area contributed by atoms with Gasteiger partial charge in [-0.3, -0.25) is 0 Å². The number of halogens is 1. The van der Waals surface area contributed by atoms with Gasteiger partial charge in [0.15, 0.2) is 0 Å². The number of benzene rings is 1. The van der Waals surface area contributed by atoms with Gasteiger partial charge in [-0.2, -0.15) is 0 Å². The molecule has 0 spiro atoms. The van der Waals surface area contributed by atoms with E-state index in [-0.39, 0.29) is 0 Å². The van der Waals surface area contributed by atoms with E-state index in [9.17, 15) is 0 Å². The fourth-order valence-electron chi connectivity index (χ4n) is 3.02. The lowest BCUT2D eigenvalue weighted by Crippen LogP contribution is -2.88. The van der Waals surface area contributed by atoms with E-state index >= 15 is 0 Å². The fraction of sp³-hybridized carbons (Fsp3) is 0.647. The number of hydrogen-bond donors (Lipinski definition) is 1. The van der Waals surface area contributed by atoms with Crippen molar-refractivity contribution < 1.29 is 10.1 Å². The molecule has 0 aromatic heterocycles. The van der Waals surface area contributed by atoms with Crippen molar-refractivity contribution in [1.29, 1.82) is 0 Å². The summed E-state index contributed by atoms with van der Waals surface area (Å²) in [5.74, 6) is 0.985. The molecule has 0 radical (unpaired) electrons. The standard InChI is InChI=1S/C17H26ClNO/c1-2-20-17-11-10-15(18)12-14(17)13-19-16-8-6-4-3-5-7-9-16/h10-12,16,19H,2-9,13H2,1H3/p+1. The Bertz CT molecular complexity index is 400. The molecule has 2 nitrogen and oxygen atoms in total. The molecule has 1 aromatic carbocycles. The first kappa shape index (κ1) is 15.7. The molecular formula is C17H27ClNO+. The maximum absolute atomic E-state index is 6.12. The molecule has 112 valence electrons. The van der Waals surface area contributed by atoms with Crippen LogP contribution in [0.2, 0.25) is 5.02 Å². The Labute approximate surface area is 127 Å². The highest BCUT2D eigenvalue weighted by Crippen LogP contribution is 2.22. The second kappa shape index (κ2) is 8.53. The van der Waals surface area contributed by atoms with Crippen molar-refractivity contribution in [1.82, 2.24) is 0 Å². The molecule has 0 unspecified atom stereocenters. The summed E-state index contributed by atoms with van der Waals surface area (Å²) >= 11 is 6.12. The maximum Gasteiger partial charge on any atom is 0.128 e. The van der Waals surface area contributed by atoms with E-state index in [0.29, 0.717) is 6.61 Å². The van der Waals surface area contributed by atoms with Crippen LogP contribution in [-0.2, 0) is 6.54 Å². The highest BCUT2D eigenvalue weighted by atomic mass is 35.5. The van der Waals surface area contributed by atoms with Crippen molar-refractivity contribution in [3.05, 3.63) is 28.8 Å². The van der Waals surface area contributed by atoms with E-state index in [1.165, 1.54) is 50.5 Å². The summed E-state index contributed by atoms with van der Waals surface area (Å²) in [7, 11) is 0. The van der Waals surface area contributed by atoms with E-state index in [1.807, 2.05) is 25.1 Å². The largest absolute Gasteiger partial charge is 0.493 e. The fourth-order valence-corrected chi connectivity index (χ4v) is 3.22. The highest BCUT2D eigenvalue weighted by Gasteiger charge is 2.15. The van der Waals surface area contributed by atoms with Crippen LogP contribution in [0.3, 0.4) is 0 Å². The van der Waals surface area contributed by atoms with Crippen LogP contribution in [0.1, 0.15) is 57.4 Å². The van der Waals surface area contributed by atoms with Gasteiger partial charge in [0.1, 0.15) is 12.3 Å². The SMILES string of the molecule is CCOc1ccc(Cl)cc1C[NH2+]C1CCCCCCC1. The Morgan fingerprint density at radius 2 is 1.85 bits per heavy atom. The molecule has 0 heterocycles. The van der Waals surface area contributed by atoms with E-state index in [0.717, 1.165) is 23.4 Å². The van der Waals surface area contributed by atoms with Gasteiger partial charge in [0.2, 0.25) is 0 Å². The summed E-state index contributed by atoms with van der Waals surface area (Å²) in [6, 6.07) is 6.72. The number of rotatable bonds is 5. The minimum absolute atomic E-state index is 0.706. The zero-order chi connectivity index (χ0) is 14.2. The summed E-state index contributed by atoms with van der Waals surface area (Å²) < 4.78 is 5.70. The van der Waals surface area contributed by atoms with Crippen molar-refractivity contribution in [3.8, 4) is 5.75 Å². The molecule has 0 saturated heterocycles. The molecule has 0 aliphatic heterocycles. The number of nitrogens with two attached hydrogens (primary N) is 1. The summed E-state index contributed by atoms with van der Waals surface area (Å²) in [6.45, 7) is 3.70. The average molecular weight is 297 g/mol. The Hall–Kier alpha value is -0.730. The van der Waals surface area contributed by atoms with E-state index in [4.69, 9.17) is 16.3 Å². The number of ether oxygens (including phenoxy) is 1. The van der Waals surface area contributed by atoms with Crippen LogP contribution in [0.5, 0.6) is 5.75 Å². The lowest BCUT2D eigenvalue weighted by Gasteiger charge is -2.19. The predicted molar refractivity (Wildman–Crippen MR) is 84.4 cm³/mol. The second-order valence-electron chi connectivity index (χ2n) is 5.73. The van der Waals surface area contributed by atoms with Crippen LogP contribution in [0, 0.1) is 0 Å². The minimum atomic E-state index is 0.706. The normalized spacial score (nSPS) is 17.5. The van der Waals surface area contributed by atoms with Crippen molar-refractivity contribution in [2.75, 3.05) is 6.61 Å². The van der Waals surface area contributed by atoms with Crippen molar-refractivity contribution >= 4 is 11.6 Å². The Balaban J connectivity index is 1.92. The Kier molecular flexibility index (Phi) is 6.68. The molecule has 1 aliphatic rings. The van der Waals surface area contributed by atoms with E-state index in [1.54, 1.807) is 0 Å². The summed E-state index contributed by atoms with van der Waals surface area (Å²) in [5, 5.41) is 3.29. The zero-order valence-electron chi connectivity index (χ0n) is 12.5. The van der Waals surface area contributed by atoms with Crippen molar-refractivity contribution in [2.45, 2.75) is 64.5 Å². The van der Waals surface area contributed by atoms with Gasteiger partial charge in [0, 0.05) is 10.6 Å². The molecule has 1 fully saturated rings. The quantitative estimate of drug-likeness (QED) is 0.876. The van der Waals surface area contributed by atoms with Crippen LogP contribution in [-0.4, -0.2) is 12.6 Å². The van der Waals surface area contributed by atoms with Gasteiger partial charge in [0.05, 0.1) is 12.6 Å². The van der Waals surface area contributed by atoms with Gasteiger partial charge < -0.3 is 10.1 Å². The third kappa shape index (κ3) is 4.99. The molecular weight excluding hydrogens is 270 g/mol. The molecule has 1 aromatic rings. The molecule has 0 amide bonds. The van der Waals surface area contributed by atoms with E-state index < -0.39 is 0 Å². The predicted octanol–water partition coefficient (Wildman–Crippen LogP) is 3.92. The van der Waals surface area contributed by atoms with Crippen LogP contribution >= 0.6 is 11.6 Å². The maximum atomic E-state index is 6.12. The van der Waals surface area contributed by atoms with Gasteiger partial charge in [0.25, 0.3) is 0 Å². The van der Waals surface area contributed by atoms with Crippen LogP contribution in [0.25, 0.3) is 0 Å². The third-order valence-corrected chi connectivity index (χ3v) is 4.38. The van der Waals surface area contributed by atoms with Crippen LogP contribution in [0.15, 0.2) is 18.2 Å². The Morgan fingerprint density at radius 3 is 2.55 bits per heavy atom. The molecule has 0 bridgehead atoms. The smallest absolute Gasteiger partial charge is 0.128 e. The first-order valence-electron chi connectivity index (χ1n) is 8.04. The molecule has 20 heavy (non-hydrogen) atoms. The Morgan fingerprint density at radius 1 is 1.15 bits per heavy atom. The minimum Gasteiger partial charge on any atom is -0.493 e. The molecule has 2 N–H and O–H groups in total. The van der Waals surface area contributed by atoms with Gasteiger partial charge in [-0.25, -0.2) is 0 Å². The van der Waals surface area contributed by atoms with E-state index in [2.05, 4.69) is 5.32 Å².